The van der Waals surface area contributed by atoms with Crippen LogP contribution < -0.4 is 4.74 Å². The van der Waals surface area contributed by atoms with Crippen molar-refractivity contribution in [2.75, 3.05) is 19.7 Å². The van der Waals surface area contributed by atoms with Gasteiger partial charge in [0.25, 0.3) is 0 Å². The highest BCUT2D eigenvalue weighted by Crippen LogP contribution is 2.34. The van der Waals surface area contributed by atoms with Gasteiger partial charge >= 0.3 is 0 Å². The Morgan fingerprint density at radius 2 is 1.69 bits per heavy atom. The van der Waals surface area contributed by atoms with E-state index in [1.54, 1.807) is 12.4 Å². The van der Waals surface area contributed by atoms with Crippen LogP contribution in [0.1, 0.15) is 30.9 Å². The molecular weight excluding hydrogens is 436 g/mol. The Morgan fingerprint density at radius 1 is 0.943 bits per heavy atom. The first kappa shape index (κ1) is 22.7. The summed E-state index contributed by atoms with van der Waals surface area (Å²) in [5, 5.41) is 0. The first-order valence-electron chi connectivity index (χ1n) is 12.1. The molecule has 0 N–H and O–H groups in total. The Morgan fingerprint density at radius 3 is 2.46 bits per heavy atom. The van der Waals surface area contributed by atoms with Gasteiger partial charge in [-0.25, -0.2) is 9.97 Å². The second-order valence-corrected chi connectivity index (χ2v) is 8.68. The molecule has 1 aliphatic rings. The average molecular weight is 465 g/mol. The van der Waals surface area contributed by atoms with E-state index >= 15 is 0 Å². The molecule has 1 unspecified atom stereocenters. The van der Waals surface area contributed by atoms with Gasteiger partial charge in [-0.3, -0.25) is 9.78 Å². The molecule has 0 aliphatic carbocycles. The normalized spacial score (nSPS) is 15.5. The fraction of sp³-hybridized carbons (Fsp3) is 0.241. The van der Waals surface area contributed by atoms with Crippen molar-refractivity contribution < 1.29 is 9.53 Å². The molecule has 5 rings (SSSR count). The van der Waals surface area contributed by atoms with Crippen LogP contribution in [0.5, 0.6) is 5.75 Å². The highest BCUT2D eigenvalue weighted by atomic mass is 16.5. The summed E-state index contributed by atoms with van der Waals surface area (Å²) < 4.78 is 5.75. The van der Waals surface area contributed by atoms with Gasteiger partial charge in [0, 0.05) is 48.7 Å². The Balaban J connectivity index is 1.36. The fourth-order valence-electron chi connectivity index (χ4n) is 4.54. The van der Waals surface area contributed by atoms with Crippen LogP contribution in [0.25, 0.3) is 22.5 Å². The van der Waals surface area contributed by atoms with Crippen molar-refractivity contribution in [1.82, 2.24) is 19.9 Å². The van der Waals surface area contributed by atoms with Gasteiger partial charge in [-0.2, -0.15) is 0 Å². The predicted molar refractivity (Wildman–Crippen MR) is 136 cm³/mol. The molecule has 176 valence electrons. The van der Waals surface area contributed by atoms with Crippen molar-refractivity contribution in [3.8, 4) is 28.3 Å². The zero-order chi connectivity index (χ0) is 23.9. The number of nitrogens with zero attached hydrogens (tertiary/aromatic N) is 4. The molecule has 1 amide bonds. The lowest BCUT2D eigenvalue weighted by atomic mass is 9.89. The largest absolute Gasteiger partial charge is 0.493 e. The van der Waals surface area contributed by atoms with Gasteiger partial charge in [0.15, 0.2) is 5.82 Å². The molecule has 6 nitrogen and oxygen atoms in total. The molecule has 6 heteroatoms. The number of pyridine rings is 1. The summed E-state index contributed by atoms with van der Waals surface area (Å²) in [6.45, 7) is 1.79. The SMILES string of the molecule is O=C(CCOc1ccccc1)N1CCCC(c2nc(-c3ccncc3)ncc2-c2ccccc2)C1. The Hall–Kier alpha value is -4.06. The second-order valence-electron chi connectivity index (χ2n) is 8.68. The Bertz CT molecular complexity index is 1250. The molecule has 0 bridgehead atoms. The van der Waals surface area contributed by atoms with Gasteiger partial charge < -0.3 is 9.64 Å². The van der Waals surface area contributed by atoms with Crippen molar-refractivity contribution >= 4 is 5.91 Å². The number of carbonyl (C=O) groups excluding carboxylic acids is 1. The van der Waals surface area contributed by atoms with Crippen LogP contribution in [-0.4, -0.2) is 45.5 Å². The van der Waals surface area contributed by atoms with Gasteiger partial charge in [-0.1, -0.05) is 48.5 Å². The first-order valence-corrected chi connectivity index (χ1v) is 12.1. The van der Waals surface area contributed by atoms with Crippen molar-refractivity contribution in [3.05, 3.63) is 97.1 Å². The van der Waals surface area contributed by atoms with E-state index in [0.717, 1.165) is 47.5 Å². The third-order valence-electron chi connectivity index (χ3n) is 6.33. The summed E-state index contributed by atoms with van der Waals surface area (Å²) in [4.78, 5) is 28.8. The molecule has 2 aromatic heterocycles. The predicted octanol–water partition coefficient (Wildman–Crippen LogP) is 5.38. The minimum atomic E-state index is 0.121. The minimum Gasteiger partial charge on any atom is -0.493 e. The average Bonchev–Trinajstić information content (AvgIpc) is 2.94. The molecule has 1 fully saturated rings. The third kappa shape index (κ3) is 5.54. The molecule has 1 aliphatic heterocycles. The number of para-hydroxylation sites is 1. The van der Waals surface area contributed by atoms with E-state index < -0.39 is 0 Å². The maximum atomic E-state index is 13.0. The van der Waals surface area contributed by atoms with Crippen LogP contribution in [-0.2, 0) is 4.79 Å². The minimum absolute atomic E-state index is 0.121. The molecule has 2 aromatic carbocycles. The fourth-order valence-corrected chi connectivity index (χ4v) is 4.54. The standard InChI is InChI=1S/C29H28N4O2/c34-27(15-19-35-25-11-5-2-6-12-25)33-18-7-10-24(21-33)28-26(22-8-3-1-4-9-22)20-31-29(32-28)23-13-16-30-17-14-23/h1-6,8-9,11-14,16-17,20,24H,7,10,15,18-19,21H2. The molecule has 3 heterocycles. The number of likely N-dealkylation sites (tertiary alicyclic amines) is 1. The molecular formula is C29H28N4O2. The molecule has 1 saturated heterocycles. The monoisotopic (exact) mass is 464 g/mol. The third-order valence-corrected chi connectivity index (χ3v) is 6.33. The number of hydrogen-bond donors (Lipinski definition) is 0. The van der Waals surface area contributed by atoms with E-state index in [9.17, 15) is 4.79 Å². The van der Waals surface area contributed by atoms with E-state index in [4.69, 9.17) is 9.72 Å². The number of benzene rings is 2. The number of piperidine rings is 1. The van der Waals surface area contributed by atoms with Gasteiger partial charge in [-0.15, -0.1) is 0 Å². The molecule has 0 radical (unpaired) electrons. The van der Waals surface area contributed by atoms with Gasteiger partial charge in [-0.05, 0) is 42.7 Å². The highest BCUT2D eigenvalue weighted by Gasteiger charge is 2.28. The van der Waals surface area contributed by atoms with E-state index in [0.29, 0.717) is 25.4 Å². The summed E-state index contributed by atoms with van der Waals surface area (Å²) >= 11 is 0. The van der Waals surface area contributed by atoms with Crippen LogP contribution in [0.3, 0.4) is 0 Å². The summed E-state index contributed by atoms with van der Waals surface area (Å²) in [5.41, 5.74) is 4.04. The van der Waals surface area contributed by atoms with Crippen LogP contribution in [0, 0.1) is 0 Å². The lowest BCUT2D eigenvalue weighted by Gasteiger charge is -2.33. The van der Waals surface area contributed by atoms with Crippen LogP contribution >= 0.6 is 0 Å². The summed E-state index contributed by atoms with van der Waals surface area (Å²) in [5.74, 6) is 1.73. The van der Waals surface area contributed by atoms with E-state index in [2.05, 4.69) is 22.1 Å². The maximum absolute atomic E-state index is 13.0. The van der Waals surface area contributed by atoms with Gasteiger partial charge in [0.1, 0.15) is 5.75 Å². The second kappa shape index (κ2) is 10.9. The van der Waals surface area contributed by atoms with Crippen molar-refractivity contribution in [3.63, 3.8) is 0 Å². The molecule has 0 spiro atoms. The molecule has 4 aromatic rings. The Labute approximate surface area is 205 Å². The molecule has 35 heavy (non-hydrogen) atoms. The van der Waals surface area contributed by atoms with Crippen LogP contribution in [0.4, 0.5) is 0 Å². The van der Waals surface area contributed by atoms with Crippen molar-refractivity contribution in [1.29, 1.82) is 0 Å². The van der Waals surface area contributed by atoms with Crippen molar-refractivity contribution in [2.24, 2.45) is 0 Å². The topological polar surface area (TPSA) is 68.2 Å². The maximum Gasteiger partial charge on any atom is 0.226 e. The quantitative estimate of drug-likeness (QED) is 0.367. The first-order chi connectivity index (χ1) is 17.3. The van der Waals surface area contributed by atoms with Gasteiger partial charge in [0.2, 0.25) is 5.91 Å². The molecule has 0 saturated carbocycles. The van der Waals surface area contributed by atoms with E-state index in [1.165, 1.54) is 0 Å². The lowest BCUT2D eigenvalue weighted by molar-refractivity contribution is -0.132. The van der Waals surface area contributed by atoms with Gasteiger partial charge in [0.05, 0.1) is 18.7 Å². The zero-order valence-electron chi connectivity index (χ0n) is 19.6. The number of aromatic nitrogens is 3. The number of amides is 1. The molecule has 1 atom stereocenters. The summed E-state index contributed by atoms with van der Waals surface area (Å²) in [6.07, 6.45) is 7.71. The lowest BCUT2D eigenvalue weighted by Crippen LogP contribution is -2.40. The van der Waals surface area contributed by atoms with E-state index in [1.807, 2.05) is 71.8 Å². The van der Waals surface area contributed by atoms with Crippen LogP contribution in [0.2, 0.25) is 0 Å². The summed E-state index contributed by atoms with van der Waals surface area (Å²) in [6, 6.07) is 23.7. The van der Waals surface area contributed by atoms with Crippen LogP contribution in [0.15, 0.2) is 91.4 Å². The smallest absolute Gasteiger partial charge is 0.226 e. The highest BCUT2D eigenvalue weighted by molar-refractivity contribution is 5.76. The number of rotatable bonds is 7. The van der Waals surface area contributed by atoms with Crippen molar-refractivity contribution in [2.45, 2.75) is 25.2 Å². The zero-order valence-corrected chi connectivity index (χ0v) is 19.6. The summed E-state index contributed by atoms with van der Waals surface area (Å²) in [7, 11) is 0. The number of hydrogen-bond acceptors (Lipinski definition) is 5. The Kier molecular flexibility index (Phi) is 7.08. The number of carbonyl (C=O) groups is 1. The van der Waals surface area contributed by atoms with E-state index in [-0.39, 0.29) is 11.8 Å². The number of ether oxygens (including phenoxy) is 1.